The first-order chi connectivity index (χ1) is 16.3. The number of hydrazine groups is 1. The molecular weight excluding hydrogens is 444 g/mol. The molecule has 3 aromatic carbocycles. The molecule has 11 nitrogen and oxygen atoms in total. The molecule has 0 spiro atoms. The van der Waals surface area contributed by atoms with Gasteiger partial charge in [-0.1, -0.05) is 30.3 Å². The Bertz CT molecular complexity index is 1320. The van der Waals surface area contributed by atoms with Crippen LogP contribution >= 0.6 is 0 Å². The van der Waals surface area contributed by atoms with E-state index in [-0.39, 0.29) is 34.9 Å². The van der Waals surface area contributed by atoms with Crippen LogP contribution in [0, 0.1) is 20.2 Å². The summed E-state index contributed by atoms with van der Waals surface area (Å²) in [6.07, 6.45) is 1.23. The van der Waals surface area contributed by atoms with E-state index >= 15 is 0 Å². The van der Waals surface area contributed by atoms with Crippen molar-refractivity contribution >= 4 is 35.0 Å². The van der Waals surface area contributed by atoms with Crippen molar-refractivity contribution in [1.29, 1.82) is 0 Å². The van der Waals surface area contributed by atoms with Crippen molar-refractivity contribution in [2.24, 2.45) is 0 Å². The topological polar surface area (TPSA) is 145 Å². The van der Waals surface area contributed by atoms with Gasteiger partial charge in [0.2, 0.25) is 5.75 Å². The molecule has 1 fully saturated rings. The number of nitrogens with one attached hydrogen (secondary N) is 1. The fourth-order valence-electron chi connectivity index (χ4n) is 3.30. The standard InChI is InChI=1S/C23H16N4O7/c28-22-19(23(29)25(24-22)17-6-2-1-3-7-17)13-16-5-4-8-20(27(32)33)21(16)34-14-15-9-11-18(12-10-15)26(30)31/h1-13H,14H2,(H,24,28)/b19-13-. The maximum absolute atomic E-state index is 12.9. The van der Waals surface area contributed by atoms with Crippen molar-refractivity contribution in [3.05, 3.63) is 110 Å². The van der Waals surface area contributed by atoms with Crippen LogP contribution in [-0.4, -0.2) is 21.7 Å². The number of carbonyl (C=O) groups excluding carboxylic acids is 2. The van der Waals surface area contributed by atoms with Crippen molar-refractivity contribution in [2.75, 3.05) is 5.01 Å². The minimum absolute atomic E-state index is 0.103. The molecule has 0 unspecified atom stereocenters. The smallest absolute Gasteiger partial charge is 0.311 e. The third-order valence-corrected chi connectivity index (χ3v) is 4.96. The van der Waals surface area contributed by atoms with E-state index in [0.29, 0.717) is 11.3 Å². The summed E-state index contributed by atoms with van der Waals surface area (Å²) < 4.78 is 5.70. The maximum atomic E-state index is 12.9. The largest absolute Gasteiger partial charge is 0.482 e. The maximum Gasteiger partial charge on any atom is 0.311 e. The van der Waals surface area contributed by atoms with E-state index in [1.165, 1.54) is 48.5 Å². The average molecular weight is 460 g/mol. The molecule has 3 aromatic rings. The van der Waals surface area contributed by atoms with Crippen LogP contribution in [0.4, 0.5) is 17.1 Å². The molecular formula is C23H16N4O7. The molecule has 170 valence electrons. The number of amides is 2. The first-order valence-corrected chi connectivity index (χ1v) is 9.91. The molecule has 1 aliphatic heterocycles. The van der Waals surface area contributed by atoms with Gasteiger partial charge >= 0.3 is 5.69 Å². The minimum Gasteiger partial charge on any atom is -0.482 e. The Morgan fingerprint density at radius 2 is 1.59 bits per heavy atom. The second-order valence-corrected chi connectivity index (χ2v) is 7.14. The summed E-state index contributed by atoms with van der Waals surface area (Å²) in [5.41, 5.74) is 2.93. The van der Waals surface area contributed by atoms with E-state index in [4.69, 9.17) is 4.74 Å². The van der Waals surface area contributed by atoms with E-state index in [9.17, 15) is 29.8 Å². The Morgan fingerprint density at radius 1 is 0.882 bits per heavy atom. The number of non-ortho nitro benzene ring substituents is 1. The highest BCUT2D eigenvalue weighted by molar-refractivity contribution is 6.31. The molecule has 0 atom stereocenters. The summed E-state index contributed by atoms with van der Waals surface area (Å²) in [7, 11) is 0. The predicted octanol–water partition coefficient (Wildman–Crippen LogP) is 3.54. The van der Waals surface area contributed by atoms with E-state index in [0.717, 1.165) is 5.01 Å². The quantitative estimate of drug-likeness (QED) is 0.246. The van der Waals surface area contributed by atoms with Crippen molar-refractivity contribution in [2.45, 2.75) is 6.61 Å². The highest BCUT2D eigenvalue weighted by Gasteiger charge is 2.35. The lowest BCUT2D eigenvalue weighted by atomic mass is 10.1. The number of para-hydroxylation sites is 2. The first kappa shape index (κ1) is 22.1. The lowest BCUT2D eigenvalue weighted by molar-refractivity contribution is -0.386. The second kappa shape index (κ2) is 9.20. The number of benzene rings is 3. The lowest BCUT2D eigenvalue weighted by Gasteiger charge is -2.14. The van der Waals surface area contributed by atoms with Crippen molar-refractivity contribution in [3.63, 3.8) is 0 Å². The van der Waals surface area contributed by atoms with E-state index < -0.39 is 21.7 Å². The van der Waals surface area contributed by atoms with E-state index in [1.54, 1.807) is 30.3 Å². The third-order valence-electron chi connectivity index (χ3n) is 4.96. The summed E-state index contributed by atoms with van der Waals surface area (Å²) in [6.45, 7) is -0.130. The van der Waals surface area contributed by atoms with E-state index in [2.05, 4.69) is 5.43 Å². The number of nitrogens with zero attached hydrogens (tertiary/aromatic N) is 3. The number of nitro groups is 2. The van der Waals surface area contributed by atoms with Gasteiger partial charge < -0.3 is 4.74 Å². The van der Waals surface area contributed by atoms with Crippen LogP contribution in [0.1, 0.15) is 11.1 Å². The van der Waals surface area contributed by atoms with Gasteiger partial charge in [0.15, 0.2) is 0 Å². The van der Waals surface area contributed by atoms with Crippen LogP contribution < -0.4 is 15.2 Å². The van der Waals surface area contributed by atoms with Gasteiger partial charge in [-0.15, -0.1) is 0 Å². The highest BCUT2D eigenvalue weighted by Crippen LogP contribution is 2.34. The van der Waals surface area contributed by atoms with Crippen molar-refractivity contribution in [3.8, 4) is 5.75 Å². The Labute approximate surface area is 192 Å². The van der Waals surface area contributed by atoms with Gasteiger partial charge in [0.25, 0.3) is 17.5 Å². The Hall–Kier alpha value is -5.06. The van der Waals surface area contributed by atoms with E-state index in [1.807, 2.05) is 0 Å². The fraction of sp³-hybridized carbons (Fsp3) is 0.0435. The number of carbonyl (C=O) groups is 2. The summed E-state index contributed by atoms with van der Waals surface area (Å²) >= 11 is 0. The normalized spacial score (nSPS) is 14.2. The minimum atomic E-state index is -0.665. The van der Waals surface area contributed by atoms with Crippen LogP contribution in [0.5, 0.6) is 5.75 Å². The first-order valence-electron chi connectivity index (χ1n) is 9.91. The molecule has 1 saturated heterocycles. The van der Waals surface area contributed by atoms with Crippen LogP contribution in [-0.2, 0) is 16.2 Å². The SMILES string of the molecule is O=C1NN(c2ccccc2)C(=O)/C1=C\c1cccc([N+](=O)[O-])c1OCc1ccc([N+](=O)[O-])cc1. The fourth-order valence-corrected chi connectivity index (χ4v) is 3.30. The molecule has 0 saturated carbocycles. The van der Waals surface area contributed by atoms with Crippen LogP contribution in [0.2, 0.25) is 0 Å². The Kier molecular flexibility index (Phi) is 5.99. The molecule has 1 heterocycles. The monoisotopic (exact) mass is 460 g/mol. The molecule has 11 heteroatoms. The van der Waals surface area contributed by atoms with Gasteiger partial charge in [-0.2, -0.15) is 0 Å². The van der Waals surface area contributed by atoms with Crippen LogP contribution in [0.15, 0.2) is 78.4 Å². The molecule has 0 aliphatic carbocycles. The number of rotatable bonds is 7. The van der Waals surface area contributed by atoms with Gasteiger partial charge in [-0.3, -0.25) is 35.2 Å². The molecule has 1 N–H and O–H groups in total. The zero-order chi connectivity index (χ0) is 24.2. The summed E-state index contributed by atoms with van der Waals surface area (Å²) in [6, 6.07) is 18.1. The Morgan fingerprint density at radius 3 is 2.24 bits per heavy atom. The van der Waals surface area contributed by atoms with Gasteiger partial charge in [-0.25, -0.2) is 5.01 Å². The molecule has 34 heavy (non-hydrogen) atoms. The van der Waals surface area contributed by atoms with Gasteiger partial charge in [0, 0.05) is 23.8 Å². The van der Waals surface area contributed by atoms with Crippen LogP contribution in [0.25, 0.3) is 6.08 Å². The molecule has 4 rings (SSSR count). The predicted molar refractivity (Wildman–Crippen MR) is 121 cm³/mol. The number of hydrogen-bond donors (Lipinski definition) is 1. The third kappa shape index (κ3) is 4.43. The second-order valence-electron chi connectivity index (χ2n) is 7.14. The summed E-state index contributed by atoms with van der Waals surface area (Å²) in [5.74, 6) is -1.43. The van der Waals surface area contributed by atoms with Crippen LogP contribution in [0.3, 0.4) is 0 Å². The number of ether oxygens (including phenoxy) is 1. The zero-order valence-corrected chi connectivity index (χ0v) is 17.4. The summed E-state index contributed by atoms with van der Waals surface area (Å²) in [5, 5.41) is 23.5. The molecule has 1 aliphatic rings. The molecule has 0 radical (unpaired) electrons. The zero-order valence-electron chi connectivity index (χ0n) is 17.4. The lowest BCUT2D eigenvalue weighted by Crippen LogP contribution is -2.35. The highest BCUT2D eigenvalue weighted by atomic mass is 16.6. The summed E-state index contributed by atoms with van der Waals surface area (Å²) in [4.78, 5) is 46.6. The molecule has 0 aromatic heterocycles. The molecule has 2 amide bonds. The van der Waals surface area contributed by atoms with Crippen molar-refractivity contribution in [1.82, 2.24) is 5.43 Å². The number of anilines is 1. The van der Waals surface area contributed by atoms with Gasteiger partial charge in [0.05, 0.1) is 15.5 Å². The van der Waals surface area contributed by atoms with Crippen molar-refractivity contribution < 1.29 is 24.2 Å². The van der Waals surface area contributed by atoms with Gasteiger partial charge in [0.1, 0.15) is 12.2 Å². The van der Waals surface area contributed by atoms with Gasteiger partial charge in [-0.05, 0) is 35.9 Å². The average Bonchev–Trinajstić information content (AvgIpc) is 3.12. The number of hydrogen-bond acceptors (Lipinski definition) is 7. The number of nitro benzene ring substituents is 2. The Balaban J connectivity index is 1.65. The molecule has 0 bridgehead atoms.